The average Bonchev–Trinajstić information content (AvgIpc) is 2.05. The smallest absolute Gasteiger partial charge is 0.0417 e. The van der Waals surface area contributed by atoms with E-state index in [4.69, 9.17) is 22.3 Å². The molecule has 0 heterocycles. The van der Waals surface area contributed by atoms with Crippen LogP contribution < -0.4 is 0 Å². The summed E-state index contributed by atoms with van der Waals surface area (Å²) < 4.78 is 11.6. The van der Waals surface area contributed by atoms with E-state index < -0.39 is 9.15 Å². The van der Waals surface area contributed by atoms with Gasteiger partial charge in [-0.1, -0.05) is 24.6 Å². The standard InChI is InChI=1S/C8H10Cl2OS/c1-2-12(10,11)8-5-3-4-7(9)6-8/h3-6,12H,2H2,1H3. The predicted molar refractivity (Wildman–Crippen MR) is 55.6 cm³/mol. The van der Waals surface area contributed by atoms with Crippen LogP contribution in [0.25, 0.3) is 0 Å². The van der Waals surface area contributed by atoms with Crippen molar-refractivity contribution in [3.63, 3.8) is 0 Å². The van der Waals surface area contributed by atoms with Gasteiger partial charge in [0, 0.05) is 15.7 Å². The van der Waals surface area contributed by atoms with Crippen LogP contribution in [0, 0.1) is 0 Å². The minimum atomic E-state index is -2.66. The largest absolute Gasteiger partial charge is 0.266 e. The van der Waals surface area contributed by atoms with Gasteiger partial charge >= 0.3 is 0 Å². The molecule has 0 radical (unpaired) electrons. The molecule has 0 spiro atoms. The lowest BCUT2D eigenvalue weighted by Gasteiger charge is -2.13. The van der Waals surface area contributed by atoms with Crippen LogP contribution in [0.3, 0.4) is 0 Å². The summed E-state index contributed by atoms with van der Waals surface area (Å²) in [5.41, 5.74) is 0. The number of benzene rings is 1. The summed E-state index contributed by atoms with van der Waals surface area (Å²) >= 11 is 5.73. The Bertz CT molecular complexity index is 325. The average molecular weight is 225 g/mol. The fourth-order valence-electron chi connectivity index (χ4n) is 0.866. The first-order chi connectivity index (χ1) is 5.56. The number of halogens is 2. The zero-order valence-corrected chi connectivity index (χ0v) is 9.03. The normalized spacial score (nSPS) is 12.9. The van der Waals surface area contributed by atoms with E-state index in [1.54, 1.807) is 31.2 Å². The van der Waals surface area contributed by atoms with Gasteiger partial charge in [0.05, 0.1) is 0 Å². The van der Waals surface area contributed by atoms with Crippen LogP contribution in [-0.2, 0) is 9.15 Å². The van der Waals surface area contributed by atoms with E-state index in [9.17, 15) is 4.21 Å². The third-order valence-corrected chi connectivity index (χ3v) is 5.00. The van der Waals surface area contributed by atoms with E-state index in [0.29, 0.717) is 15.7 Å². The van der Waals surface area contributed by atoms with Gasteiger partial charge in [-0.15, -0.1) is 0 Å². The third-order valence-electron chi connectivity index (χ3n) is 1.60. The lowest BCUT2D eigenvalue weighted by atomic mass is 10.4. The number of hydrogen-bond acceptors (Lipinski definition) is 1. The van der Waals surface area contributed by atoms with Gasteiger partial charge in [0.1, 0.15) is 0 Å². The molecule has 0 bridgehead atoms. The minimum Gasteiger partial charge on any atom is -0.266 e. The zero-order valence-electron chi connectivity index (χ0n) is 6.63. The first kappa shape index (κ1) is 10.0. The molecule has 0 aromatic heterocycles. The Kier molecular flexibility index (Phi) is 3.16. The molecule has 12 heavy (non-hydrogen) atoms. The maximum atomic E-state index is 11.6. The molecular formula is C8H10Cl2OS. The Hall–Kier alpha value is -0.0500. The summed E-state index contributed by atoms with van der Waals surface area (Å²) in [7, 11) is 3.15. The van der Waals surface area contributed by atoms with Gasteiger partial charge in [0.15, 0.2) is 0 Å². The van der Waals surface area contributed by atoms with E-state index >= 15 is 0 Å². The lowest BCUT2D eigenvalue weighted by Crippen LogP contribution is -2.05. The van der Waals surface area contributed by atoms with Crippen molar-refractivity contribution in [2.75, 3.05) is 5.75 Å². The van der Waals surface area contributed by atoms with Crippen LogP contribution in [0.5, 0.6) is 0 Å². The second kappa shape index (κ2) is 3.77. The molecule has 0 saturated carbocycles. The van der Waals surface area contributed by atoms with Crippen molar-refractivity contribution in [3.8, 4) is 0 Å². The zero-order chi connectivity index (χ0) is 9.19. The topological polar surface area (TPSA) is 17.1 Å². The summed E-state index contributed by atoms with van der Waals surface area (Å²) in [4.78, 5) is 0.638. The highest BCUT2D eigenvalue weighted by molar-refractivity contribution is 8.23. The molecule has 0 fully saturated rings. The van der Waals surface area contributed by atoms with Gasteiger partial charge in [0.25, 0.3) is 0 Å². The van der Waals surface area contributed by atoms with Crippen molar-refractivity contribution in [3.05, 3.63) is 29.3 Å². The Morgan fingerprint density at radius 2 is 2.17 bits per heavy atom. The van der Waals surface area contributed by atoms with Crippen LogP contribution in [0.15, 0.2) is 29.2 Å². The van der Waals surface area contributed by atoms with Crippen molar-refractivity contribution in [1.82, 2.24) is 0 Å². The molecule has 1 rings (SSSR count). The van der Waals surface area contributed by atoms with Crippen LogP contribution in [-0.4, -0.2) is 9.96 Å². The molecule has 0 saturated heterocycles. The molecule has 1 aromatic carbocycles. The summed E-state index contributed by atoms with van der Waals surface area (Å²) in [6, 6.07) is 6.88. The fourth-order valence-corrected chi connectivity index (χ4v) is 2.45. The van der Waals surface area contributed by atoms with Crippen molar-refractivity contribution in [1.29, 1.82) is 0 Å². The summed E-state index contributed by atoms with van der Waals surface area (Å²) in [5, 5.41) is 0.571. The fraction of sp³-hybridized carbons (Fsp3) is 0.250. The van der Waals surface area contributed by atoms with Crippen LogP contribution in [0.1, 0.15) is 6.92 Å². The quantitative estimate of drug-likeness (QED) is 0.605. The van der Waals surface area contributed by atoms with Crippen LogP contribution >= 0.6 is 22.3 Å². The van der Waals surface area contributed by atoms with Crippen molar-refractivity contribution in [2.24, 2.45) is 0 Å². The SMILES string of the molecule is CC[SH](=O)(Cl)c1cccc(Cl)c1. The second-order valence-electron chi connectivity index (χ2n) is 2.45. The molecule has 0 aliphatic rings. The van der Waals surface area contributed by atoms with Crippen molar-refractivity contribution in [2.45, 2.75) is 11.8 Å². The summed E-state index contributed by atoms with van der Waals surface area (Å²) in [5.74, 6) is 0.453. The molecule has 68 valence electrons. The molecule has 4 heteroatoms. The molecule has 0 N–H and O–H groups in total. The number of thiol groups is 1. The molecule has 0 atom stereocenters. The molecule has 1 nitrogen and oxygen atoms in total. The molecule has 0 unspecified atom stereocenters. The Labute approximate surface area is 82.6 Å². The van der Waals surface area contributed by atoms with Gasteiger partial charge in [-0.2, -0.15) is 0 Å². The molecular weight excluding hydrogens is 215 g/mol. The molecule has 0 aliphatic carbocycles. The number of hydrogen-bond donors (Lipinski definition) is 1. The maximum Gasteiger partial charge on any atom is 0.0417 e. The molecule has 0 amide bonds. The van der Waals surface area contributed by atoms with Gasteiger partial charge in [-0.05, 0) is 38.0 Å². The van der Waals surface area contributed by atoms with Gasteiger partial charge in [-0.3, -0.25) is 4.21 Å². The van der Waals surface area contributed by atoms with Crippen molar-refractivity contribution >= 4 is 31.4 Å². The molecule has 0 aliphatic heterocycles. The lowest BCUT2D eigenvalue weighted by molar-refractivity contribution is 0.680. The van der Waals surface area contributed by atoms with Crippen LogP contribution in [0.4, 0.5) is 0 Å². The predicted octanol–water partition coefficient (Wildman–Crippen LogP) is 2.89. The van der Waals surface area contributed by atoms with Gasteiger partial charge < -0.3 is 0 Å². The van der Waals surface area contributed by atoms with E-state index in [2.05, 4.69) is 0 Å². The minimum absolute atomic E-state index is 0.453. The highest BCUT2D eigenvalue weighted by Crippen LogP contribution is 2.25. The molecule has 1 aromatic rings. The third kappa shape index (κ3) is 2.22. The highest BCUT2D eigenvalue weighted by Gasteiger charge is 2.11. The van der Waals surface area contributed by atoms with E-state index in [0.717, 1.165) is 0 Å². The highest BCUT2D eigenvalue weighted by atomic mass is 35.7. The summed E-state index contributed by atoms with van der Waals surface area (Å²) in [6.07, 6.45) is 0. The summed E-state index contributed by atoms with van der Waals surface area (Å²) in [6.45, 7) is 1.80. The Morgan fingerprint density at radius 3 is 2.67 bits per heavy atom. The first-order valence-electron chi connectivity index (χ1n) is 3.61. The first-order valence-corrected chi connectivity index (χ1v) is 6.78. The van der Waals surface area contributed by atoms with Crippen molar-refractivity contribution < 1.29 is 4.21 Å². The van der Waals surface area contributed by atoms with Gasteiger partial charge in [0.2, 0.25) is 0 Å². The maximum absolute atomic E-state index is 11.6. The van der Waals surface area contributed by atoms with E-state index in [1.165, 1.54) is 0 Å². The van der Waals surface area contributed by atoms with E-state index in [1.807, 2.05) is 0 Å². The Morgan fingerprint density at radius 1 is 1.50 bits per heavy atom. The monoisotopic (exact) mass is 224 g/mol. The van der Waals surface area contributed by atoms with Crippen LogP contribution in [0.2, 0.25) is 5.02 Å². The Balaban J connectivity index is 3.12. The number of rotatable bonds is 2. The second-order valence-corrected chi connectivity index (χ2v) is 6.97. The van der Waals surface area contributed by atoms with Gasteiger partial charge in [-0.25, -0.2) is 0 Å². The van der Waals surface area contributed by atoms with E-state index in [-0.39, 0.29) is 0 Å².